The molecule has 0 saturated carbocycles. The lowest BCUT2D eigenvalue weighted by Crippen LogP contribution is -2.59. The normalized spacial score (nSPS) is 12.9. The van der Waals surface area contributed by atoms with Crippen LogP contribution in [0.2, 0.25) is 0 Å². The Bertz CT molecular complexity index is 4850. The number of unbranched alkanes of at least 4 members (excludes halogenated alkanes) is 1. The maximum Gasteiger partial charge on any atom is 0.256 e. The smallest absolute Gasteiger partial charge is 0.256 e. The van der Waals surface area contributed by atoms with Crippen LogP contribution < -0.4 is 26.0 Å². The molecule has 0 unspecified atom stereocenters. The van der Waals surface area contributed by atoms with Gasteiger partial charge < -0.3 is 23.2 Å². The molecule has 0 fully saturated rings. The van der Waals surface area contributed by atoms with E-state index >= 15 is 0 Å². The van der Waals surface area contributed by atoms with Gasteiger partial charge in [0.15, 0.2) is 5.58 Å². The lowest BCUT2D eigenvalue weighted by molar-refractivity contribution is 0.483. The summed E-state index contributed by atoms with van der Waals surface area (Å²) in [6.45, 7) is 9.09. The monoisotopic (exact) mass is 1030 g/mol. The molecule has 16 rings (SSSR count). The molecule has 0 atom stereocenters. The number of hydrogen-bond donors (Lipinski definition) is 0. The molecule has 0 bridgehead atoms. The minimum atomic E-state index is -0.208. The van der Waals surface area contributed by atoms with Gasteiger partial charge in [-0.3, -0.25) is 0 Å². The van der Waals surface area contributed by atoms with Gasteiger partial charge in [-0.1, -0.05) is 186 Å². The maximum atomic E-state index is 7.48. The molecule has 0 N–H and O–H groups in total. The van der Waals surface area contributed by atoms with Crippen molar-refractivity contribution in [2.24, 2.45) is 0 Å². The van der Waals surface area contributed by atoms with Crippen LogP contribution in [-0.4, -0.2) is 15.8 Å². The number of anilines is 3. The van der Waals surface area contributed by atoms with Crippen molar-refractivity contribution in [2.75, 3.05) is 4.90 Å². The van der Waals surface area contributed by atoms with Gasteiger partial charge in [-0.05, 0) is 141 Å². The van der Waals surface area contributed by atoms with Crippen molar-refractivity contribution in [1.82, 2.24) is 9.13 Å². The summed E-state index contributed by atoms with van der Waals surface area (Å²) in [7, 11) is 0. The van der Waals surface area contributed by atoms with E-state index < -0.39 is 0 Å². The van der Waals surface area contributed by atoms with Gasteiger partial charge in [-0.25, -0.2) is 0 Å². The van der Waals surface area contributed by atoms with E-state index in [2.05, 4.69) is 272 Å². The van der Waals surface area contributed by atoms with Crippen molar-refractivity contribution in [2.45, 2.75) is 52.4 Å². The molecule has 3 aromatic heterocycles. The standard InChI is InChI=1S/C74H56BN3O2/c1-5-6-19-48-30-35-57-56-26-15-18-29-68(56)80-73(57)72(48)78-66-44-52(76-62-27-16-13-24-54(62)58-40-49(31-38-64(58)76)46-20-9-7-10-21-46)33-36-60(66)75-61-37-34-53(45-69(61)79-70-43-51(74(2,3)4)42-67(78)71(70)75)77-63-28-17-14-25-55(63)59-41-50(32-39-65(59)77)47-22-11-8-12-23-47/h7-18,20-45H,5-6,19H2,1-4H3. The summed E-state index contributed by atoms with van der Waals surface area (Å²) < 4.78 is 19.5. The molecule has 0 amide bonds. The molecular weight excluding hydrogens is 974 g/mol. The molecule has 0 spiro atoms. The van der Waals surface area contributed by atoms with Crippen LogP contribution in [0.5, 0.6) is 11.5 Å². The SMILES string of the molecule is CCCCc1ccc2c(oc3ccccc32)c1N1c2cc(-n3c4ccccc4c4cc(-c5ccccc5)ccc43)ccc2B2c3ccc(-n4c5ccccc5c5cc(-c6ccccc6)ccc54)cc3Oc3cc(C(C)(C)C)cc1c32. The number of nitrogens with zero attached hydrogens (tertiary/aromatic N) is 3. The quantitative estimate of drug-likeness (QED) is 0.142. The highest BCUT2D eigenvalue weighted by atomic mass is 16.5. The highest BCUT2D eigenvalue weighted by Gasteiger charge is 2.44. The zero-order chi connectivity index (χ0) is 53.4. The molecule has 2 aliphatic heterocycles. The van der Waals surface area contributed by atoms with Crippen LogP contribution in [0.3, 0.4) is 0 Å². The minimum absolute atomic E-state index is 0.140. The van der Waals surface area contributed by atoms with E-state index in [4.69, 9.17) is 9.15 Å². The second-order valence-electron chi connectivity index (χ2n) is 23.0. The van der Waals surface area contributed by atoms with Crippen LogP contribution in [0.25, 0.3) is 99.2 Å². The lowest BCUT2D eigenvalue weighted by Gasteiger charge is -2.42. The minimum Gasteiger partial charge on any atom is -0.458 e. The number of aryl methyl sites for hydroxylation is 1. The predicted octanol–water partition coefficient (Wildman–Crippen LogP) is 18.2. The molecule has 2 aliphatic rings. The van der Waals surface area contributed by atoms with Gasteiger partial charge in [0.05, 0.1) is 27.8 Å². The molecular formula is C74H56BN3O2. The Balaban J connectivity index is 0.959. The largest absolute Gasteiger partial charge is 0.458 e. The van der Waals surface area contributed by atoms with E-state index in [0.29, 0.717) is 0 Å². The average Bonchev–Trinajstić information content (AvgIpc) is 4.30. The molecule has 11 aromatic carbocycles. The van der Waals surface area contributed by atoms with Crippen molar-refractivity contribution in [3.05, 3.63) is 242 Å². The van der Waals surface area contributed by atoms with Gasteiger partial charge >= 0.3 is 0 Å². The Morgan fingerprint density at radius 3 is 1.65 bits per heavy atom. The van der Waals surface area contributed by atoms with Crippen molar-refractivity contribution in [3.8, 4) is 45.1 Å². The van der Waals surface area contributed by atoms with Crippen LogP contribution in [-0.2, 0) is 11.8 Å². The van der Waals surface area contributed by atoms with Gasteiger partial charge in [-0.2, -0.15) is 0 Å². The van der Waals surface area contributed by atoms with Crippen molar-refractivity contribution in [3.63, 3.8) is 0 Å². The van der Waals surface area contributed by atoms with E-state index in [1.165, 1.54) is 76.9 Å². The highest BCUT2D eigenvalue weighted by molar-refractivity contribution is 6.99. The van der Waals surface area contributed by atoms with Gasteiger partial charge in [0.2, 0.25) is 0 Å². The molecule has 14 aromatic rings. The molecule has 6 heteroatoms. The van der Waals surface area contributed by atoms with Gasteiger partial charge in [0.1, 0.15) is 17.1 Å². The van der Waals surface area contributed by atoms with Gasteiger partial charge in [0.25, 0.3) is 6.71 Å². The Morgan fingerprint density at radius 1 is 0.438 bits per heavy atom. The molecule has 80 heavy (non-hydrogen) atoms. The fourth-order valence-corrected chi connectivity index (χ4v) is 13.4. The summed E-state index contributed by atoms with van der Waals surface area (Å²) in [5, 5.41) is 7.13. The Kier molecular flexibility index (Phi) is 10.3. The first-order chi connectivity index (χ1) is 39.3. The molecule has 0 radical (unpaired) electrons. The van der Waals surface area contributed by atoms with Crippen LogP contribution in [0.4, 0.5) is 17.1 Å². The molecule has 5 heterocycles. The fourth-order valence-electron chi connectivity index (χ4n) is 13.4. The topological polar surface area (TPSA) is 35.5 Å². The number of hydrogen-bond acceptors (Lipinski definition) is 3. The third kappa shape index (κ3) is 7.04. The van der Waals surface area contributed by atoms with Crippen molar-refractivity contribution >= 4 is 106 Å². The second-order valence-corrected chi connectivity index (χ2v) is 23.0. The van der Waals surface area contributed by atoms with Gasteiger partial charge in [-0.15, -0.1) is 0 Å². The third-order valence-electron chi connectivity index (χ3n) is 17.3. The number of para-hydroxylation sites is 3. The Labute approximate surface area is 465 Å². The van der Waals surface area contributed by atoms with Gasteiger partial charge in [0, 0.05) is 61.1 Å². The number of aromatic nitrogens is 2. The summed E-state index contributed by atoms with van der Waals surface area (Å²) >= 11 is 0. The number of ether oxygens (including phenoxy) is 1. The highest BCUT2D eigenvalue weighted by Crippen LogP contribution is 2.50. The van der Waals surface area contributed by atoms with Crippen LogP contribution in [0.15, 0.2) is 235 Å². The molecule has 382 valence electrons. The lowest BCUT2D eigenvalue weighted by atomic mass is 9.34. The van der Waals surface area contributed by atoms with Crippen molar-refractivity contribution in [1.29, 1.82) is 0 Å². The Morgan fingerprint density at radius 2 is 1.01 bits per heavy atom. The summed E-state index contributed by atoms with van der Waals surface area (Å²) in [6.07, 6.45) is 3.03. The number of fused-ring (bicyclic) bond motifs is 13. The number of rotatable bonds is 8. The first kappa shape index (κ1) is 46.6. The first-order valence-electron chi connectivity index (χ1n) is 28.3. The zero-order valence-corrected chi connectivity index (χ0v) is 45.3. The van der Waals surface area contributed by atoms with Crippen LogP contribution >= 0.6 is 0 Å². The summed E-state index contributed by atoms with van der Waals surface area (Å²) in [6, 6.07) is 85.1. The number of furan rings is 1. The molecule has 0 saturated heterocycles. The van der Waals surface area contributed by atoms with E-state index in [9.17, 15) is 0 Å². The second kappa shape index (κ2) is 17.8. The Hall–Kier alpha value is -9.52. The average molecular weight is 1030 g/mol. The van der Waals surface area contributed by atoms with E-state index in [1.807, 2.05) is 0 Å². The van der Waals surface area contributed by atoms with E-state index in [-0.39, 0.29) is 12.1 Å². The summed E-state index contributed by atoms with van der Waals surface area (Å²) in [4.78, 5) is 2.57. The zero-order valence-electron chi connectivity index (χ0n) is 45.3. The van der Waals surface area contributed by atoms with Crippen LogP contribution in [0.1, 0.15) is 51.7 Å². The fraction of sp³-hybridized carbons (Fsp3) is 0.108. The van der Waals surface area contributed by atoms with E-state index in [1.54, 1.807) is 0 Å². The summed E-state index contributed by atoms with van der Waals surface area (Å²) in [5.41, 5.74) is 22.5. The molecule has 0 aliphatic carbocycles. The first-order valence-corrected chi connectivity index (χ1v) is 28.3. The third-order valence-corrected chi connectivity index (χ3v) is 17.3. The van der Waals surface area contributed by atoms with Crippen LogP contribution in [0, 0.1) is 0 Å². The number of benzene rings is 11. The molecule has 5 nitrogen and oxygen atoms in total. The van der Waals surface area contributed by atoms with E-state index in [0.717, 1.165) is 97.6 Å². The predicted molar refractivity (Wildman–Crippen MR) is 336 cm³/mol. The maximum absolute atomic E-state index is 7.48. The van der Waals surface area contributed by atoms with Crippen molar-refractivity contribution < 1.29 is 9.15 Å². The summed E-state index contributed by atoms with van der Waals surface area (Å²) in [5.74, 6) is 1.76.